The molecule has 1 saturated heterocycles. The van der Waals surface area contributed by atoms with Gasteiger partial charge in [0.05, 0.1) is 5.01 Å². The lowest BCUT2D eigenvalue weighted by atomic mass is 9.98. The van der Waals surface area contributed by atoms with Crippen molar-refractivity contribution in [2.45, 2.75) is 25.7 Å². The summed E-state index contributed by atoms with van der Waals surface area (Å²) in [6, 6.07) is 0.399. The lowest BCUT2D eigenvalue weighted by Crippen LogP contribution is -2.33. The molecule has 20 heavy (non-hydrogen) atoms. The molecular formula is C13H15N3O3S. The Hall–Kier alpha value is -1.89. The molecule has 1 N–H and O–H groups in total. The number of thiazole rings is 1. The third-order valence-electron chi connectivity index (χ3n) is 3.47. The standard InChI is InChI=1S/C13H15N3O3S/c1-8-6-14-11(20-8)9-2-4-16(5-3-9)13-15-10(7-19-13)12(17)18/h6-7,9H,2-5H2,1H3,(H,17,18). The number of carbonyl (C=O) groups is 1. The first-order chi connectivity index (χ1) is 9.63. The molecule has 1 aliphatic heterocycles. The van der Waals surface area contributed by atoms with Crippen LogP contribution in [-0.2, 0) is 0 Å². The summed E-state index contributed by atoms with van der Waals surface area (Å²) in [5.74, 6) is -0.577. The van der Waals surface area contributed by atoms with E-state index in [1.54, 1.807) is 11.3 Å². The quantitative estimate of drug-likeness (QED) is 0.936. The van der Waals surface area contributed by atoms with E-state index in [4.69, 9.17) is 9.52 Å². The Morgan fingerprint density at radius 2 is 2.25 bits per heavy atom. The highest BCUT2D eigenvalue weighted by Gasteiger charge is 2.25. The Morgan fingerprint density at radius 1 is 1.50 bits per heavy atom. The number of nitrogens with zero attached hydrogens (tertiary/aromatic N) is 3. The maximum Gasteiger partial charge on any atom is 0.357 e. The van der Waals surface area contributed by atoms with Gasteiger partial charge in [0.1, 0.15) is 6.26 Å². The molecule has 0 unspecified atom stereocenters. The van der Waals surface area contributed by atoms with Gasteiger partial charge in [0.25, 0.3) is 6.01 Å². The third kappa shape index (κ3) is 2.53. The maximum absolute atomic E-state index is 10.8. The van der Waals surface area contributed by atoms with Crippen molar-refractivity contribution in [2.75, 3.05) is 18.0 Å². The van der Waals surface area contributed by atoms with Gasteiger partial charge in [-0.25, -0.2) is 9.78 Å². The number of rotatable bonds is 3. The van der Waals surface area contributed by atoms with Crippen molar-refractivity contribution < 1.29 is 14.3 Å². The van der Waals surface area contributed by atoms with Crippen LogP contribution >= 0.6 is 11.3 Å². The Kier molecular flexibility index (Phi) is 3.43. The first-order valence-corrected chi connectivity index (χ1v) is 7.31. The number of carboxylic acid groups (broad SMARTS) is 1. The van der Waals surface area contributed by atoms with Gasteiger partial charge in [-0.3, -0.25) is 0 Å². The highest BCUT2D eigenvalue weighted by atomic mass is 32.1. The van der Waals surface area contributed by atoms with Crippen LogP contribution in [-0.4, -0.2) is 34.1 Å². The Labute approximate surface area is 120 Å². The van der Waals surface area contributed by atoms with Crippen molar-refractivity contribution in [1.29, 1.82) is 0 Å². The minimum atomic E-state index is -1.06. The van der Waals surface area contributed by atoms with Gasteiger partial charge in [-0.15, -0.1) is 11.3 Å². The van der Waals surface area contributed by atoms with Crippen LogP contribution < -0.4 is 4.90 Å². The summed E-state index contributed by atoms with van der Waals surface area (Å²) in [6.45, 7) is 3.68. The summed E-state index contributed by atoms with van der Waals surface area (Å²) in [5.41, 5.74) is -0.0438. The van der Waals surface area contributed by atoms with E-state index in [2.05, 4.69) is 16.9 Å². The number of aryl methyl sites for hydroxylation is 1. The number of aromatic carboxylic acids is 1. The van der Waals surface area contributed by atoms with Crippen molar-refractivity contribution in [2.24, 2.45) is 0 Å². The zero-order chi connectivity index (χ0) is 14.1. The van der Waals surface area contributed by atoms with Crippen molar-refractivity contribution >= 4 is 23.3 Å². The fraction of sp³-hybridized carbons (Fsp3) is 0.462. The molecule has 0 amide bonds. The first kappa shape index (κ1) is 13.1. The van der Waals surface area contributed by atoms with Crippen molar-refractivity contribution in [3.63, 3.8) is 0 Å². The molecular weight excluding hydrogens is 278 g/mol. The third-order valence-corrected chi connectivity index (χ3v) is 4.54. The summed E-state index contributed by atoms with van der Waals surface area (Å²) in [7, 11) is 0. The van der Waals surface area contributed by atoms with Crippen LogP contribution in [0, 0.1) is 6.92 Å². The van der Waals surface area contributed by atoms with Crippen LogP contribution in [0.2, 0.25) is 0 Å². The van der Waals surface area contributed by atoms with E-state index in [1.807, 2.05) is 11.1 Å². The summed E-state index contributed by atoms with van der Waals surface area (Å²) in [4.78, 5) is 22.4. The minimum Gasteiger partial charge on any atom is -0.476 e. The van der Waals surface area contributed by atoms with Gasteiger partial charge >= 0.3 is 5.97 Å². The number of hydrogen-bond donors (Lipinski definition) is 1. The molecule has 0 aliphatic carbocycles. The second kappa shape index (κ2) is 5.24. The molecule has 0 radical (unpaired) electrons. The second-order valence-corrected chi connectivity index (χ2v) is 6.16. The fourth-order valence-electron chi connectivity index (χ4n) is 2.39. The summed E-state index contributed by atoms with van der Waals surface area (Å²) < 4.78 is 5.23. The molecule has 0 aromatic carbocycles. The number of carboxylic acids is 1. The van der Waals surface area contributed by atoms with Crippen molar-refractivity contribution in [1.82, 2.24) is 9.97 Å². The van der Waals surface area contributed by atoms with Gasteiger partial charge in [0, 0.05) is 30.1 Å². The van der Waals surface area contributed by atoms with Crippen LogP contribution in [0.15, 0.2) is 16.9 Å². The van der Waals surface area contributed by atoms with E-state index < -0.39 is 5.97 Å². The maximum atomic E-state index is 10.8. The lowest BCUT2D eigenvalue weighted by molar-refractivity contribution is 0.0690. The number of oxazole rings is 1. The topological polar surface area (TPSA) is 79.5 Å². The Morgan fingerprint density at radius 3 is 2.80 bits per heavy atom. The van der Waals surface area contributed by atoms with E-state index in [0.717, 1.165) is 25.9 Å². The highest BCUT2D eigenvalue weighted by molar-refractivity contribution is 7.11. The molecule has 7 heteroatoms. The molecule has 3 heterocycles. The van der Waals surface area contributed by atoms with Crippen LogP contribution in [0.25, 0.3) is 0 Å². The first-order valence-electron chi connectivity index (χ1n) is 6.49. The molecule has 2 aromatic rings. The van der Waals surface area contributed by atoms with Crippen molar-refractivity contribution in [3.05, 3.63) is 28.0 Å². The predicted octanol–water partition coefficient (Wildman–Crippen LogP) is 2.52. The molecule has 1 aliphatic rings. The molecule has 106 valence electrons. The average molecular weight is 293 g/mol. The Balaban J connectivity index is 1.64. The van der Waals surface area contributed by atoms with E-state index >= 15 is 0 Å². The summed E-state index contributed by atoms with van der Waals surface area (Å²) >= 11 is 1.75. The van der Waals surface area contributed by atoms with E-state index in [-0.39, 0.29) is 5.69 Å². The smallest absolute Gasteiger partial charge is 0.357 e. The number of aromatic nitrogens is 2. The summed E-state index contributed by atoms with van der Waals surface area (Å²) in [5, 5.41) is 10.0. The zero-order valence-corrected chi connectivity index (χ0v) is 11.9. The number of hydrogen-bond acceptors (Lipinski definition) is 6. The van der Waals surface area contributed by atoms with Crippen LogP contribution in [0.3, 0.4) is 0 Å². The normalized spacial score (nSPS) is 16.6. The number of anilines is 1. The molecule has 0 atom stereocenters. The molecule has 2 aromatic heterocycles. The van der Waals surface area contributed by atoms with Crippen LogP contribution in [0.5, 0.6) is 0 Å². The van der Waals surface area contributed by atoms with E-state index in [0.29, 0.717) is 11.9 Å². The SMILES string of the molecule is Cc1cnc(C2CCN(c3nc(C(=O)O)co3)CC2)s1. The molecule has 0 saturated carbocycles. The fourth-order valence-corrected chi connectivity index (χ4v) is 3.33. The predicted molar refractivity (Wildman–Crippen MR) is 74.5 cm³/mol. The number of piperidine rings is 1. The zero-order valence-electron chi connectivity index (χ0n) is 11.1. The average Bonchev–Trinajstić information content (AvgIpc) is 3.08. The van der Waals surface area contributed by atoms with Gasteiger partial charge in [0.2, 0.25) is 0 Å². The van der Waals surface area contributed by atoms with Crippen molar-refractivity contribution in [3.8, 4) is 0 Å². The van der Waals surface area contributed by atoms with Crippen LogP contribution in [0.1, 0.15) is 39.1 Å². The lowest BCUT2D eigenvalue weighted by Gasteiger charge is -2.29. The molecule has 0 bridgehead atoms. The monoisotopic (exact) mass is 293 g/mol. The largest absolute Gasteiger partial charge is 0.476 e. The summed E-state index contributed by atoms with van der Waals surface area (Å²) in [6.07, 6.45) is 5.07. The van der Waals surface area contributed by atoms with Crippen LogP contribution in [0.4, 0.5) is 6.01 Å². The van der Waals surface area contributed by atoms with Gasteiger partial charge in [-0.1, -0.05) is 0 Å². The highest BCUT2D eigenvalue weighted by Crippen LogP contribution is 2.32. The van der Waals surface area contributed by atoms with Gasteiger partial charge in [0.15, 0.2) is 5.69 Å². The molecule has 3 rings (SSSR count). The van der Waals surface area contributed by atoms with Gasteiger partial charge in [-0.05, 0) is 19.8 Å². The van der Waals surface area contributed by atoms with E-state index in [9.17, 15) is 4.79 Å². The Bertz CT molecular complexity index is 614. The molecule has 0 spiro atoms. The second-order valence-electron chi connectivity index (χ2n) is 4.89. The van der Waals surface area contributed by atoms with Gasteiger partial charge < -0.3 is 14.4 Å². The molecule has 6 nitrogen and oxygen atoms in total. The van der Waals surface area contributed by atoms with Gasteiger partial charge in [-0.2, -0.15) is 4.98 Å². The molecule has 1 fully saturated rings. The minimum absolute atomic E-state index is 0.0438. The van der Waals surface area contributed by atoms with E-state index in [1.165, 1.54) is 16.1 Å².